The van der Waals surface area contributed by atoms with Gasteiger partial charge in [-0.3, -0.25) is 0 Å². The summed E-state index contributed by atoms with van der Waals surface area (Å²) < 4.78 is 7.26. The zero-order valence-corrected chi connectivity index (χ0v) is 17.5. The van der Waals surface area contributed by atoms with E-state index in [4.69, 9.17) is 4.74 Å². The van der Waals surface area contributed by atoms with Gasteiger partial charge < -0.3 is 9.53 Å². The van der Waals surface area contributed by atoms with Gasteiger partial charge in [0.05, 0.1) is 15.1 Å². The van der Waals surface area contributed by atoms with E-state index in [0.717, 1.165) is 19.3 Å². The minimum Gasteiger partial charge on any atom is -0.356 e. The van der Waals surface area contributed by atoms with E-state index in [1.165, 1.54) is 48.6 Å². The summed E-state index contributed by atoms with van der Waals surface area (Å²) in [4.78, 5) is 12.5. The van der Waals surface area contributed by atoms with Crippen LogP contribution in [-0.4, -0.2) is 49.2 Å². The quantitative estimate of drug-likeness (QED) is 0.592. The molecule has 0 aromatic carbocycles. The van der Waals surface area contributed by atoms with E-state index in [0.29, 0.717) is 15.2 Å². The molecule has 0 N–H and O–H groups in total. The molecule has 0 radical (unpaired) electrons. The number of fused-ring (bicyclic) bond motifs is 4. The van der Waals surface area contributed by atoms with Crippen LogP contribution < -0.4 is 0 Å². The Morgan fingerprint density at radius 1 is 1.00 bits per heavy atom. The number of thioether (sulfide) groups is 4. The van der Waals surface area contributed by atoms with Gasteiger partial charge >= 0.3 is 0 Å². The molecule has 5 aliphatic rings. The van der Waals surface area contributed by atoms with Gasteiger partial charge in [-0.25, -0.2) is 0 Å². The molecule has 0 aromatic rings. The molecular formula is C18H26O2S4. The molecule has 5 atom stereocenters. The first-order valence-electron chi connectivity index (χ1n) is 9.27. The summed E-state index contributed by atoms with van der Waals surface area (Å²) in [6.45, 7) is 2.27. The number of carbonyl (C=O) groups excluding carboxylic acids is 1. The number of rotatable bonds is 1. The second-order valence-electron chi connectivity index (χ2n) is 8.21. The lowest BCUT2D eigenvalue weighted by atomic mass is 9.56. The van der Waals surface area contributed by atoms with E-state index in [1.54, 1.807) is 0 Å². The summed E-state index contributed by atoms with van der Waals surface area (Å²) in [5, 5.41) is 0.504. The molecule has 24 heavy (non-hydrogen) atoms. The average molecular weight is 403 g/mol. The molecule has 6 heteroatoms. The molecule has 2 nitrogen and oxygen atoms in total. The van der Waals surface area contributed by atoms with Gasteiger partial charge in [-0.1, -0.05) is 0 Å². The zero-order chi connectivity index (χ0) is 16.5. The molecule has 0 amide bonds. The monoisotopic (exact) mass is 402 g/mol. The SMILES string of the molecule is C[C@@]12CC[C@]3(O1)SCCCS[C@H]3[C@H]1CC3(CC[C@@]12C=O)SCCS3. The van der Waals surface area contributed by atoms with Crippen molar-refractivity contribution in [2.45, 2.75) is 65.3 Å². The van der Waals surface area contributed by atoms with Crippen LogP contribution in [0.2, 0.25) is 0 Å². The van der Waals surface area contributed by atoms with Crippen molar-refractivity contribution in [3.63, 3.8) is 0 Å². The lowest BCUT2D eigenvalue weighted by Crippen LogP contribution is -2.65. The fourth-order valence-electron chi connectivity index (χ4n) is 5.94. The van der Waals surface area contributed by atoms with E-state index >= 15 is 0 Å². The molecule has 4 saturated heterocycles. The van der Waals surface area contributed by atoms with Crippen molar-refractivity contribution in [3.8, 4) is 0 Å². The van der Waals surface area contributed by atoms with E-state index in [9.17, 15) is 4.79 Å². The normalized spacial score (nSPS) is 52.5. The molecule has 0 unspecified atom stereocenters. The van der Waals surface area contributed by atoms with Gasteiger partial charge in [0.2, 0.25) is 0 Å². The highest BCUT2D eigenvalue weighted by Gasteiger charge is 2.72. The maximum atomic E-state index is 12.6. The Balaban J connectivity index is 1.60. The largest absolute Gasteiger partial charge is 0.356 e. The number of hydrogen-bond donors (Lipinski definition) is 0. The van der Waals surface area contributed by atoms with Gasteiger partial charge in [-0.15, -0.1) is 35.3 Å². The van der Waals surface area contributed by atoms with Crippen LogP contribution in [0.5, 0.6) is 0 Å². The Morgan fingerprint density at radius 2 is 1.83 bits per heavy atom. The van der Waals surface area contributed by atoms with Gasteiger partial charge in [-0.05, 0) is 62.9 Å². The van der Waals surface area contributed by atoms with Crippen LogP contribution in [0.25, 0.3) is 0 Å². The van der Waals surface area contributed by atoms with Crippen molar-refractivity contribution < 1.29 is 9.53 Å². The van der Waals surface area contributed by atoms with Gasteiger partial charge in [0.15, 0.2) is 0 Å². The van der Waals surface area contributed by atoms with Crippen molar-refractivity contribution in [3.05, 3.63) is 0 Å². The lowest BCUT2D eigenvalue weighted by molar-refractivity contribution is -0.197. The fourth-order valence-corrected chi connectivity index (χ4v) is 12.9. The Kier molecular flexibility index (Phi) is 4.12. The minimum absolute atomic E-state index is 0.0143. The van der Waals surface area contributed by atoms with Crippen LogP contribution in [-0.2, 0) is 9.53 Å². The second kappa shape index (κ2) is 5.76. The standard InChI is InChI=1S/C18H26O2S4/c1-15-3-6-18(20-15)14(21-7-2-8-24-18)13-11-17(22-9-10-23-17)5-4-16(13,15)12-19/h12-14H,2-11H2,1H3/t13-,14+,15+,16-,18+/m1/s1. The predicted octanol–water partition coefficient (Wildman–Crippen LogP) is 4.67. The van der Waals surface area contributed by atoms with Crippen LogP contribution in [0.1, 0.15) is 45.4 Å². The van der Waals surface area contributed by atoms with Gasteiger partial charge in [0.1, 0.15) is 11.2 Å². The van der Waals surface area contributed by atoms with Crippen LogP contribution in [0, 0.1) is 11.3 Å². The number of carbonyl (C=O) groups is 1. The van der Waals surface area contributed by atoms with Crippen LogP contribution in [0.4, 0.5) is 0 Å². The number of hydrogen-bond acceptors (Lipinski definition) is 6. The fraction of sp³-hybridized carbons (Fsp3) is 0.944. The molecule has 134 valence electrons. The van der Waals surface area contributed by atoms with Crippen molar-refractivity contribution >= 4 is 53.3 Å². The third-order valence-electron chi connectivity index (χ3n) is 7.20. The molecule has 1 saturated carbocycles. The Bertz CT molecular complexity index is 551. The molecule has 4 aliphatic heterocycles. The summed E-state index contributed by atoms with van der Waals surface area (Å²) in [6, 6.07) is 0. The molecule has 1 aliphatic carbocycles. The number of aldehydes is 1. The number of ether oxygens (including phenoxy) is 1. The molecule has 4 heterocycles. The molecule has 5 fully saturated rings. The maximum Gasteiger partial charge on any atom is 0.129 e. The van der Waals surface area contributed by atoms with E-state index in [-0.39, 0.29) is 15.9 Å². The Morgan fingerprint density at radius 3 is 2.62 bits per heavy atom. The summed E-state index contributed by atoms with van der Waals surface area (Å²) in [5.41, 5.74) is -0.478. The van der Waals surface area contributed by atoms with Crippen molar-refractivity contribution in [1.82, 2.24) is 0 Å². The summed E-state index contributed by atoms with van der Waals surface area (Å²) in [7, 11) is 0. The van der Waals surface area contributed by atoms with E-state index < -0.39 is 0 Å². The highest BCUT2D eigenvalue weighted by molar-refractivity contribution is 8.21. The Labute approximate surface area is 162 Å². The van der Waals surface area contributed by atoms with Crippen LogP contribution in [0.3, 0.4) is 0 Å². The first-order chi connectivity index (χ1) is 11.6. The van der Waals surface area contributed by atoms with Gasteiger partial charge in [0, 0.05) is 16.8 Å². The van der Waals surface area contributed by atoms with Crippen LogP contribution in [0.15, 0.2) is 0 Å². The molecular weight excluding hydrogens is 376 g/mol. The van der Waals surface area contributed by atoms with Crippen molar-refractivity contribution in [2.75, 3.05) is 23.0 Å². The lowest BCUT2D eigenvalue weighted by Gasteiger charge is -2.61. The van der Waals surface area contributed by atoms with E-state index in [1.807, 2.05) is 0 Å². The van der Waals surface area contributed by atoms with E-state index in [2.05, 4.69) is 54.0 Å². The molecule has 2 spiro atoms. The Hall–Kier alpha value is 1.03. The van der Waals surface area contributed by atoms with Gasteiger partial charge in [0.25, 0.3) is 0 Å². The van der Waals surface area contributed by atoms with Crippen molar-refractivity contribution in [2.24, 2.45) is 11.3 Å². The summed E-state index contributed by atoms with van der Waals surface area (Å²) >= 11 is 8.58. The summed E-state index contributed by atoms with van der Waals surface area (Å²) in [6.07, 6.45) is 8.29. The predicted molar refractivity (Wildman–Crippen MR) is 108 cm³/mol. The zero-order valence-electron chi connectivity index (χ0n) is 14.3. The highest BCUT2D eigenvalue weighted by atomic mass is 32.2. The first kappa shape index (κ1) is 17.2. The minimum atomic E-state index is -0.246. The second-order valence-corrected chi connectivity index (χ2v) is 14.1. The molecule has 5 rings (SSSR count). The first-order valence-corrected chi connectivity index (χ1v) is 13.3. The third kappa shape index (κ3) is 2.15. The average Bonchev–Trinajstić information content (AvgIpc) is 3.08. The third-order valence-corrected chi connectivity index (χ3v) is 14.0. The topological polar surface area (TPSA) is 26.3 Å². The van der Waals surface area contributed by atoms with Crippen molar-refractivity contribution in [1.29, 1.82) is 0 Å². The van der Waals surface area contributed by atoms with Gasteiger partial charge in [-0.2, -0.15) is 11.8 Å². The van der Waals surface area contributed by atoms with Crippen LogP contribution >= 0.6 is 47.0 Å². The highest BCUT2D eigenvalue weighted by Crippen LogP contribution is 2.72. The summed E-state index contributed by atoms with van der Waals surface area (Å²) in [5.74, 6) is 5.53. The molecule has 2 bridgehead atoms. The maximum absolute atomic E-state index is 12.6. The smallest absolute Gasteiger partial charge is 0.129 e. The molecule has 0 aromatic heterocycles.